The fraction of sp³-hybridized carbons (Fsp3) is 0.588. The zero-order valence-corrected chi connectivity index (χ0v) is 16.8. The first-order valence-corrected chi connectivity index (χ1v) is 8.96. The van der Waals surface area contributed by atoms with Crippen LogP contribution in [0.5, 0.6) is 0 Å². The third-order valence-electron chi connectivity index (χ3n) is 4.91. The van der Waals surface area contributed by atoms with Gasteiger partial charge in [-0.05, 0) is 49.4 Å². The molecule has 1 saturated carbocycles. The molecular weight excluding hydrogens is 413 g/mol. The summed E-state index contributed by atoms with van der Waals surface area (Å²) in [7, 11) is 0. The lowest BCUT2D eigenvalue weighted by Crippen LogP contribution is -2.39. The summed E-state index contributed by atoms with van der Waals surface area (Å²) in [6.07, 6.45) is 4.94. The van der Waals surface area contributed by atoms with Gasteiger partial charge in [-0.2, -0.15) is 0 Å². The number of hydrogen-bond acceptors (Lipinski definition) is 3. The lowest BCUT2D eigenvalue weighted by molar-refractivity contribution is -0.122. The standard InChI is InChI=1S/C17H24BrN3O.2ClH/c18-13-4-6-15(7-5-13)21-9-8-14(11-21)20-17(22)10-12-2-1-3-16(12)19;;/h4-7,12,14,16H,1-3,8-11,19H2,(H,20,22);2*1H/t12-,14?,16+;;/m0../s1. The highest BCUT2D eigenvalue weighted by atomic mass is 79.9. The Morgan fingerprint density at radius 2 is 1.92 bits per heavy atom. The predicted octanol–water partition coefficient (Wildman–Crippen LogP) is 3.51. The Morgan fingerprint density at radius 3 is 2.54 bits per heavy atom. The molecule has 1 unspecified atom stereocenters. The van der Waals surface area contributed by atoms with E-state index in [1.807, 2.05) is 0 Å². The summed E-state index contributed by atoms with van der Waals surface area (Å²) < 4.78 is 1.09. The van der Waals surface area contributed by atoms with Crippen LogP contribution in [0.1, 0.15) is 32.1 Å². The van der Waals surface area contributed by atoms with Crippen molar-refractivity contribution in [3.05, 3.63) is 28.7 Å². The molecule has 0 radical (unpaired) electrons. The number of rotatable bonds is 4. The molecule has 4 nitrogen and oxygen atoms in total. The topological polar surface area (TPSA) is 58.4 Å². The molecule has 1 aromatic rings. The summed E-state index contributed by atoms with van der Waals surface area (Å²) >= 11 is 3.46. The smallest absolute Gasteiger partial charge is 0.220 e. The van der Waals surface area contributed by atoms with Crippen LogP contribution in [0, 0.1) is 5.92 Å². The Balaban J connectivity index is 0.00000144. The Labute approximate surface area is 164 Å². The fourth-order valence-corrected chi connectivity index (χ4v) is 3.87. The van der Waals surface area contributed by atoms with E-state index in [9.17, 15) is 4.79 Å². The predicted molar refractivity (Wildman–Crippen MR) is 107 cm³/mol. The summed E-state index contributed by atoms with van der Waals surface area (Å²) in [5.41, 5.74) is 7.27. The quantitative estimate of drug-likeness (QED) is 0.756. The molecule has 3 rings (SSSR count). The van der Waals surface area contributed by atoms with Crippen molar-refractivity contribution in [2.45, 2.75) is 44.2 Å². The second-order valence-electron chi connectivity index (χ2n) is 6.53. The molecule has 136 valence electrons. The largest absolute Gasteiger partial charge is 0.369 e. The molecule has 2 aliphatic rings. The van der Waals surface area contributed by atoms with Crippen molar-refractivity contribution in [1.29, 1.82) is 0 Å². The SMILES string of the molecule is Cl.Cl.N[C@@H]1CCC[C@H]1CC(=O)NC1CCN(c2ccc(Br)cc2)C1. The van der Waals surface area contributed by atoms with Gasteiger partial charge in [-0.15, -0.1) is 24.8 Å². The normalized spacial score (nSPS) is 25.8. The lowest BCUT2D eigenvalue weighted by atomic mass is 9.99. The summed E-state index contributed by atoms with van der Waals surface area (Å²) in [5.74, 6) is 0.550. The molecule has 2 fully saturated rings. The molecule has 0 spiro atoms. The molecule has 3 N–H and O–H groups in total. The van der Waals surface area contributed by atoms with E-state index in [4.69, 9.17) is 5.73 Å². The van der Waals surface area contributed by atoms with Gasteiger partial charge in [0, 0.05) is 41.8 Å². The maximum absolute atomic E-state index is 12.2. The number of halogens is 3. The van der Waals surface area contributed by atoms with Crippen LogP contribution in [0.15, 0.2) is 28.7 Å². The van der Waals surface area contributed by atoms with Crippen molar-refractivity contribution < 1.29 is 4.79 Å². The van der Waals surface area contributed by atoms with Crippen molar-refractivity contribution in [3.8, 4) is 0 Å². The molecule has 1 saturated heterocycles. The van der Waals surface area contributed by atoms with E-state index in [0.717, 1.165) is 36.8 Å². The first-order chi connectivity index (χ1) is 10.6. The zero-order chi connectivity index (χ0) is 15.5. The van der Waals surface area contributed by atoms with Crippen LogP contribution >= 0.6 is 40.7 Å². The van der Waals surface area contributed by atoms with Gasteiger partial charge in [-0.1, -0.05) is 22.4 Å². The Kier molecular flexibility index (Phi) is 8.85. The average molecular weight is 439 g/mol. The number of nitrogens with two attached hydrogens (primary N) is 1. The van der Waals surface area contributed by atoms with Gasteiger partial charge in [0.05, 0.1) is 0 Å². The zero-order valence-electron chi connectivity index (χ0n) is 13.6. The van der Waals surface area contributed by atoms with Gasteiger partial charge in [0.1, 0.15) is 0 Å². The number of anilines is 1. The molecule has 0 bridgehead atoms. The summed E-state index contributed by atoms with van der Waals surface area (Å²) in [4.78, 5) is 14.5. The second kappa shape index (κ2) is 9.85. The van der Waals surface area contributed by atoms with E-state index in [-0.39, 0.29) is 42.8 Å². The van der Waals surface area contributed by atoms with Crippen LogP contribution in [0.2, 0.25) is 0 Å². The maximum Gasteiger partial charge on any atom is 0.220 e. The van der Waals surface area contributed by atoms with Crippen LogP contribution in [0.25, 0.3) is 0 Å². The molecule has 7 heteroatoms. The van der Waals surface area contributed by atoms with Crippen LogP contribution in [-0.4, -0.2) is 31.1 Å². The number of nitrogens with one attached hydrogen (secondary N) is 1. The molecule has 3 atom stereocenters. The third kappa shape index (κ3) is 5.51. The summed E-state index contributed by atoms with van der Waals surface area (Å²) in [6.45, 7) is 1.89. The van der Waals surface area contributed by atoms with Crippen molar-refractivity contribution in [2.24, 2.45) is 11.7 Å². The van der Waals surface area contributed by atoms with Gasteiger partial charge < -0.3 is 16.0 Å². The van der Waals surface area contributed by atoms with E-state index >= 15 is 0 Å². The van der Waals surface area contributed by atoms with E-state index in [0.29, 0.717) is 12.3 Å². The molecule has 1 aliphatic carbocycles. The lowest BCUT2D eigenvalue weighted by Gasteiger charge is -2.20. The highest BCUT2D eigenvalue weighted by Crippen LogP contribution is 2.27. The van der Waals surface area contributed by atoms with Crippen molar-refractivity contribution in [2.75, 3.05) is 18.0 Å². The molecule has 0 aromatic heterocycles. The second-order valence-corrected chi connectivity index (χ2v) is 7.45. The molecule has 1 aromatic carbocycles. The summed E-state index contributed by atoms with van der Waals surface area (Å²) in [6, 6.07) is 8.82. The molecule has 1 amide bonds. The van der Waals surface area contributed by atoms with E-state index < -0.39 is 0 Å². The van der Waals surface area contributed by atoms with Gasteiger partial charge in [0.25, 0.3) is 0 Å². The summed E-state index contributed by atoms with van der Waals surface area (Å²) in [5, 5.41) is 3.19. The number of nitrogens with zero attached hydrogens (tertiary/aromatic N) is 1. The minimum absolute atomic E-state index is 0. The van der Waals surface area contributed by atoms with E-state index in [1.165, 1.54) is 12.1 Å². The Morgan fingerprint density at radius 1 is 1.21 bits per heavy atom. The Bertz CT molecular complexity index is 529. The van der Waals surface area contributed by atoms with E-state index in [1.54, 1.807) is 0 Å². The van der Waals surface area contributed by atoms with Gasteiger partial charge >= 0.3 is 0 Å². The van der Waals surface area contributed by atoms with E-state index in [2.05, 4.69) is 50.4 Å². The number of benzene rings is 1. The molecule has 1 heterocycles. The molecule has 1 aliphatic heterocycles. The highest BCUT2D eigenvalue weighted by Gasteiger charge is 2.28. The van der Waals surface area contributed by atoms with Crippen molar-refractivity contribution in [1.82, 2.24) is 5.32 Å². The fourth-order valence-electron chi connectivity index (χ4n) is 3.61. The van der Waals surface area contributed by atoms with Crippen LogP contribution in [0.4, 0.5) is 5.69 Å². The van der Waals surface area contributed by atoms with Crippen molar-refractivity contribution >= 4 is 52.3 Å². The number of carbonyl (C=O) groups excluding carboxylic acids is 1. The van der Waals surface area contributed by atoms with Gasteiger partial charge in [-0.3, -0.25) is 4.79 Å². The Hall–Kier alpha value is -0.490. The van der Waals surface area contributed by atoms with Gasteiger partial charge in [0.15, 0.2) is 0 Å². The minimum Gasteiger partial charge on any atom is -0.369 e. The number of hydrogen-bond donors (Lipinski definition) is 2. The molecule has 24 heavy (non-hydrogen) atoms. The number of amides is 1. The third-order valence-corrected chi connectivity index (χ3v) is 5.44. The van der Waals surface area contributed by atoms with Crippen LogP contribution in [0.3, 0.4) is 0 Å². The highest BCUT2D eigenvalue weighted by molar-refractivity contribution is 9.10. The van der Waals surface area contributed by atoms with Gasteiger partial charge in [0.2, 0.25) is 5.91 Å². The van der Waals surface area contributed by atoms with Crippen molar-refractivity contribution in [3.63, 3.8) is 0 Å². The minimum atomic E-state index is 0. The average Bonchev–Trinajstić information content (AvgIpc) is 3.10. The van der Waals surface area contributed by atoms with Crippen LogP contribution < -0.4 is 16.0 Å². The first kappa shape index (κ1) is 21.6. The molecular formula is C17H26BrCl2N3O. The maximum atomic E-state index is 12.2. The van der Waals surface area contributed by atoms with Gasteiger partial charge in [-0.25, -0.2) is 0 Å². The first-order valence-electron chi connectivity index (χ1n) is 8.17. The number of carbonyl (C=O) groups is 1. The monoisotopic (exact) mass is 437 g/mol. The van der Waals surface area contributed by atoms with Crippen LogP contribution in [-0.2, 0) is 4.79 Å².